The Labute approximate surface area is 92.2 Å². The van der Waals surface area contributed by atoms with Crippen LogP contribution in [0.5, 0.6) is 0 Å². The minimum atomic E-state index is 0.347. The molecule has 1 aliphatic carbocycles. The van der Waals surface area contributed by atoms with Crippen molar-refractivity contribution < 1.29 is 4.79 Å². The Morgan fingerprint density at radius 2 is 2.00 bits per heavy atom. The van der Waals surface area contributed by atoms with Gasteiger partial charge in [-0.25, -0.2) is 0 Å². The third kappa shape index (κ3) is 2.33. The van der Waals surface area contributed by atoms with Gasteiger partial charge < -0.3 is 10.2 Å². The van der Waals surface area contributed by atoms with Crippen LogP contribution >= 0.6 is 0 Å². The van der Waals surface area contributed by atoms with Crippen molar-refractivity contribution in [2.24, 2.45) is 11.8 Å². The molecule has 3 nitrogen and oxygen atoms in total. The van der Waals surface area contributed by atoms with E-state index in [1.165, 1.54) is 0 Å². The molecule has 0 bridgehead atoms. The van der Waals surface area contributed by atoms with Crippen molar-refractivity contribution in [1.82, 2.24) is 10.2 Å². The van der Waals surface area contributed by atoms with Gasteiger partial charge in [0, 0.05) is 18.5 Å². The van der Waals surface area contributed by atoms with Crippen molar-refractivity contribution >= 4 is 5.91 Å². The highest BCUT2D eigenvalue weighted by Gasteiger charge is 2.42. The second-order valence-corrected chi connectivity index (χ2v) is 4.92. The van der Waals surface area contributed by atoms with Crippen LogP contribution in [0.25, 0.3) is 0 Å². The molecule has 1 heterocycles. The molecule has 3 heteroatoms. The van der Waals surface area contributed by atoms with Crippen LogP contribution in [-0.2, 0) is 4.79 Å². The largest absolute Gasteiger partial charge is 0.340 e. The monoisotopic (exact) mass is 210 g/mol. The van der Waals surface area contributed by atoms with Gasteiger partial charge in [0.2, 0.25) is 5.91 Å². The third-order valence-electron chi connectivity index (χ3n) is 3.80. The first-order chi connectivity index (χ1) is 7.24. The molecule has 1 saturated heterocycles. The summed E-state index contributed by atoms with van der Waals surface area (Å²) in [5, 5.41) is 3.35. The summed E-state index contributed by atoms with van der Waals surface area (Å²) in [6.45, 7) is 7.29. The predicted octanol–water partition coefficient (Wildman–Crippen LogP) is 1.24. The number of amides is 1. The lowest BCUT2D eigenvalue weighted by molar-refractivity contribution is -0.135. The Bertz CT molecular complexity index is 236. The van der Waals surface area contributed by atoms with E-state index in [-0.39, 0.29) is 0 Å². The molecular formula is C12H22N2O. The van der Waals surface area contributed by atoms with Crippen LogP contribution in [0.1, 0.15) is 33.1 Å². The van der Waals surface area contributed by atoms with Gasteiger partial charge in [0.15, 0.2) is 0 Å². The van der Waals surface area contributed by atoms with Crippen molar-refractivity contribution in [3.05, 3.63) is 0 Å². The van der Waals surface area contributed by atoms with Crippen molar-refractivity contribution in [3.63, 3.8) is 0 Å². The number of rotatable bonds is 3. The average molecular weight is 210 g/mol. The molecule has 1 saturated carbocycles. The summed E-state index contributed by atoms with van der Waals surface area (Å²) in [5.41, 5.74) is 0. The number of piperidine rings is 1. The van der Waals surface area contributed by atoms with Crippen LogP contribution in [0.3, 0.4) is 0 Å². The van der Waals surface area contributed by atoms with Crippen molar-refractivity contribution in [2.45, 2.75) is 39.2 Å². The molecule has 0 aromatic carbocycles. The van der Waals surface area contributed by atoms with Gasteiger partial charge in [0.1, 0.15) is 0 Å². The number of nitrogens with zero attached hydrogens (tertiary/aromatic N) is 1. The first-order valence-electron chi connectivity index (χ1n) is 6.25. The molecule has 86 valence electrons. The number of carbonyl (C=O) groups excluding carboxylic acids is 1. The molecule has 2 fully saturated rings. The number of hydrogen-bond acceptors (Lipinski definition) is 2. The molecule has 15 heavy (non-hydrogen) atoms. The second kappa shape index (κ2) is 4.52. The lowest BCUT2D eigenvalue weighted by Crippen LogP contribution is -2.46. The molecule has 0 aromatic rings. The van der Waals surface area contributed by atoms with Crippen molar-refractivity contribution in [2.75, 3.05) is 19.6 Å². The molecule has 0 spiro atoms. The van der Waals surface area contributed by atoms with E-state index in [1.807, 2.05) is 0 Å². The SMILES string of the molecule is CCN(C(=O)C1CC1C)C1CCNCC1. The van der Waals surface area contributed by atoms with Gasteiger partial charge >= 0.3 is 0 Å². The average Bonchev–Trinajstić information content (AvgIpc) is 2.98. The molecule has 2 atom stereocenters. The Morgan fingerprint density at radius 1 is 1.40 bits per heavy atom. The van der Waals surface area contributed by atoms with Crippen molar-refractivity contribution in [1.29, 1.82) is 0 Å². The van der Waals surface area contributed by atoms with E-state index < -0.39 is 0 Å². The fourth-order valence-electron chi connectivity index (χ4n) is 2.59. The molecule has 2 unspecified atom stereocenters. The zero-order valence-electron chi connectivity index (χ0n) is 9.83. The highest BCUT2D eigenvalue weighted by Crippen LogP contribution is 2.39. The fraction of sp³-hybridized carbons (Fsp3) is 0.917. The quantitative estimate of drug-likeness (QED) is 0.760. The zero-order valence-corrected chi connectivity index (χ0v) is 9.83. The zero-order chi connectivity index (χ0) is 10.8. The minimum Gasteiger partial charge on any atom is -0.340 e. The molecule has 2 rings (SSSR count). The van der Waals surface area contributed by atoms with E-state index in [0.29, 0.717) is 23.8 Å². The maximum absolute atomic E-state index is 12.2. The topological polar surface area (TPSA) is 32.3 Å². The first-order valence-corrected chi connectivity index (χ1v) is 6.25. The summed E-state index contributed by atoms with van der Waals surface area (Å²) in [7, 11) is 0. The predicted molar refractivity (Wildman–Crippen MR) is 60.5 cm³/mol. The summed E-state index contributed by atoms with van der Waals surface area (Å²) < 4.78 is 0. The van der Waals surface area contributed by atoms with Gasteiger partial charge in [-0.05, 0) is 45.2 Å². The van der Waals surface area contributed by atoms with E-state index >= 15 is 0 Å². The van der Waals surface area contributed by atoms with Gasteiger partial charge in [-0.1, -0.05) is 6.92 Å². The summed E-state index contributed by atoms with van der Waals surface area (Å²) in [6.07, 6.45) is 3.36. The molecule has 0 aromatic heterocycles. The Kier molecular flexibility index (Phi) is 3.29. The first kappa shape index (κ1) is 10.9. The minimum absolute atomic E-state index is 0.347. The van der Waals surface area contributed by atoms with Crippen LogP contribution in [-0.4, -0.2) is 36.5 Å². The second-order valence-electron chi connectivity index (χ2n) is 4.92. The Balaban J connectivity index is 1.93. The Hall–Kier alpha value is -0.570. The normalized spacial score (nSPS) is 31.3. The van der Waals surface area contributed by atoms with Gasteiger partial charge in [0.25, 0.3) is 0 Å². The van der Waals surface area contributed by atoms with Crippen LogP contribution in [0.4, 0.5) is 0 Å². The summed E-state index contributed by atoms with van der Waals surface area (Å²) >= 11 is 0. The van der Waals surface area contributed by atoms with E-state index in [9.17, 15) is 4.79 Å². The third-order valence-corrected chi connectivity index (χ3v) is 3.80. The van der Waals surface area contributed by atoms with Gasteiger partial charge in [-0.3, -0.25) is 4.79 Å². The highest BCUT2D eigenvalue weighted by molar-refractivity contribution is 5.81. The lowest BCUT2D eigenvalue weighted by Gasteiger charge is -2.34. The molecule has 1 amide bonds. The van der Waals surface area contributed by atoms with E-state index in [1.54, 1.807) is 0 Å². The van der Waals surface area contributed by atoms with Crippen molar-refractivity contribution in [3.8, 4) is 0 Å². The number of hydrogen-bond donors (Lipinski definition) is 1. The summed E-state index contributed by atoms with van der Waals surface area (Å²) in [4.78, 5) is 14.3. The van der Waals surface area contributed by atoms with Gasteiger partial charge in [0.05, 0.1) is 0 Å². The maximum Gasteiger partial charge on any atom is 0.226 e. The van der Waals surface area contributed by atoms with Gasteiger partial charge in [-0.15, -0.1) is 0 Å². The van der Waals surface area contributed by atoms with Crippen LogP contribution in [0.15, 0.2) is 0 Å². The fourth-order valence-corrected chi connectivity index (χ4v) is 2.59. The van der Waals surface area contributed by atoms with Crippen LogP contribution in [0, 0.1) is 11.8 Å². The molecule has 1 N–H and O–H groups in total. The number of carbonyl (C=O) groups is 1. The highest BCUT2D eigenvalue weighted by atomic mass is 16.2. The number of nitrogens with one attached hydrogen (secondary N) is 1. The van der Waals surface area contributed by atoms with Crippen LogP contribution in [0.2, 0.25) is 0 Å². The molecule has 0 radical (unpaired) electrons. The molecule has 2 aliphatic rings. The van der Waals surface area contributed by atoms with Crippen LogP contribution < -0.4 is 5.32 Å². The standard InChI is InChI=1S/C12H22N2O/c1-3-14(10-4-6-13-7-5-10)12(15)11-8-9(11)2/h9-11,13H,3-8H2,1-2H3. The molecule has 1 aliphatic heterocycles. The maximum atomic E-state index is 12.2. The van der Waals surface area contributed by atoms with E-state index in [4.69, 9.17) is 0 Å². The summed E-state index contributed by atoms with van der Waals surface area (Å²) in [5.74, 6) is 1.39. The van der Waals surface area contributed by atoms with Gasteiger partial charge in [-0.2, -0.15) is 0 Å². The van der Waals surface area contributed by atoms with E-state index in [2.05, 4.69) is 24.1 Å². The Morgan fingerprint density at radius 3 is 2.47 bits per heavy atom. The van der Waals surface area contributed by atoms with E-state index in [0.717, 1.165) is 38.9 Å². The molecular weight excluding hydrogens is 188 g/mol. The lowest BCUT2D eigenvalue weighted by atomic mass is 10.0. The summed E-state index contributed by atoms with van der Waals surface area (Å²) in [6, 6.07) is 0.497. The smallest absolute Gasteiger partial charge is 0.226 e.